The Morgan fingerprint density at radius 1 is 1.50 bits per heavy atom. The Morgan fingerprint density at radius 3 is 3.00 bits per heavy atom. The maximum atomic E-state index is 9.07. The molecule has 5 heteroatoms. The first kappa shape index (κ1) is 11.5. The minimum Gasteiger partial charge on any atom is -0.390 e. The van der Waals surface area contributed by atoms with Crippen LogP contribution in [0.5, 0.6) is 0 Å². The fourth-order valence-electron chi connectivity index (χ4n) is 1.80. The second-order valence-corrected chi connectivity index (χ2v) is 3.58. The molecule has 4 nitrogen and oxygen atoms in total. The third-order valence-corrected chi connectivity index (χ3v) is 2.54. The first-order chi connectivity index (χ1) is 6.31. The van der Waals surface area contributed by atoms with Crippen LogP contribution in [0.1, 0.15) is 17.8 Å². The summed E-state index contributed by atoms with van der Waals surface area (Å²) in [5, 5.41) is 9.07. The van der Waals surface area contributed by atoms with Crippen LogP contribution in [0.2, 0.25) is 0 Å². The standard InChI is InChI=1S/C9H15N3O.ClH/c1-11-3-2-4-12-7-10-8(6-13)9(12)5-11;/h7,13H,2-6H2,1H3;1H. The lowest BCUT2D eigenvalue weighted by atomic mass is 10.3. The highest BCUT2D eigenvalue weighted by atomic mass is 35.5. The van der Waals surface area contributed by atoms with E-state index in [-0.39, 0.29) is 19.0 Å². The zero-order valence-corrected chi connectivity index (χ0v) is 9.13. The van der Waals surface area contributed by atoms with Gasteiger partial charge in [0, 0.05) is 13.1 Å². The van der Waals surface area contributed by atoms with E-state index in [1.807, 2.05) is 6.33 Å². The average Bonchev–Trinajstić information content (AvgIpc) is 2.39. The van der Waals surface area contributed by atoms with Crippen molar-refractivity contribution >= 4 is 12.4 Å². The molecule has 0 aromatic carbocycles. The number of imidazole rings is 1. The van der Waals surface area contributed by atoms with Gasteiger partial charge in [-0.25, -0.2) is 4.98 Å². The molecule has 1 aromatic heterocycles. The molecule has 80 valence electrons. The molecule has 1 N–H and O–H groups in total. The Labute approximate surface area is 90.0 Å². The van der Waals surface area contributed by atoms with Gasteiger partial charge in [-0.3, -0.25) is 0 Å². The predicted molar refractivity (Wildman–Crippen MR) is 56.3 cm³/mol. The molecule has 0 spiro atoms. The predicted octanol–water partition coefficient (Wildman–Crippen LogP) is 0.633. The van der Waals surface area contributed by atoms with Gasteiger partial charge in [0.15, 0.2) is 0 Å². The summed E-state index contributed by atoms with van der Waals surface area (Å²) in [6.45, 7) is 3.09. The molecule has 0 atom stereocenters. The molecular formula is C9H16ClN3O. The van der Waals surface area contributed by atoms with E-state index < -0.39 is 0 Å². The van der Waals surface area contributed by atoms with Crippen LogP contribution >= 0.6 is 12.4 Å². The van der Waals surface area contributed by atoms with Gasteiger partial charge in [-0.15, -0.1) is 12.4 Å². The highest BCUT2D eigenvalue weighted by Gasteiger charge is 2.15. The zero-order valence-electron chi connectivity index (χ0n) is 8.31. The molecule has 0 radical (unpaired) electrons. The Balaban J connectivity index is 0.000000980. The van der Waals surface area contributed by atoms with E-state index in [1.54, 1.807) is 0 Å². The van der Waals surface area contributed by atoms with Crippen molar-refractivity contribution in [3.63, 3.8) is 0 Å². The van der Waals surface area contributed by atoms with Crippen molar-refractivity contribution in [2.75, 3.05) is 13.6 Å². The molecule has 1 aliphatic rings. The minimum absolute atomic E-state index is 0. The summed E-state index contributed by atoms with van der Waals surface area (Å²) in [5.74, 6) is 0. The van der Waals surface area contributed by atoms with Crippen molar-refractivity contribution in [1.29, 1.82) is 0 Å². The van der Waals surface area contributed by atoms with Crippen LogP contribution in [-0.4, -0.2) is 33.1 Å². The number of fused-ring (bicyclic) bond motifs is 1. The van der Waals surface area contributed by atoms with Crippen LogP contribution in [0, 0.1) is 0 Å². The topological polar surface area (TPSA) is 41.3 Å². The van der Waals surface area contributed by atoms with Crippen LogP contribution in [0.15, 0.2) is 6.33 Å². The lowest BCUT2D eigenvalue weighted by Gasteiger charge is -2.12. The van der Waals surface area contributed by atoms with E-state index in [0.29, 0.717) is 0 Å². The molecule has 0 amide bonds. The molecule has 2 rings (SSSR count). The van der Waals surface area contributed by atoms with Crippen molar-refractivity contribution in [2.45, 2.75) is 26.1 Å². The fourth-order valence-corrected chi connectivity index (χ4v) is 1.80. The van der Waals surface area contributed by atoms with Gasteiger partial charge in [0.05, 0.1) is 24.3 Å². The van der Waals surface area contributed by atoms with E-state index in [4.69, 9.17) is 5.11 Å². The normalized spacial score (nSPS) is 17.0. The second kappa shape index (κ2) is 4.77. The minimum atomic E-state index is 0. The summed E-state index contributed by atoms with van der Waals surface area (Å²) in [7, 11) is 2.10. The number of halogens is 1. The number of hydrogen-bond donors (Lipinski definition) is 1. The third-order valence-electron chi connectivity index (χ3n) is 2.54. The van der Waals surface area contributed by atoms with Gasteiger partial charge in [0.1, 0.15) is 0 Å². The summed E-state index contributed by atoms with van der Waals surface area (Å²) in [6, 6.07) is 0. The van der Waals surface area contributed by atoms with Gasteiger partial charge in [-0.2, -0.15) is 0 Å². The Morgan fingerprint density at radius 2 is 2.29 bits per heavy atom. The van der Waals surface area contributed by atoms with Crippen LogP contribution < -0.4 is 0 Å². The number of hydrogen-bond acceptors (Lipinski definition) is 3. The van der Waals surface area contributed by atoms with Gasteiger partial charge in [0.25, 0.3) is 0 Å². The first-order valence-electron chi connectivity index (χ1n) is 4.63. The summed E-state index contributed by atoms with van der Waals surface area (Å²) in [4.78, 5) is 6.44. The fraction of sp³-hybridized carbons (Fsp3) is 0.667. The van der Waals surface area contributed by atoms with E-state index >= 15 is 0 Å². The van der Waals surface area contributed by atoms with Gasteiger partial charge in [0.2, 0.25) is 0 Å². The zero-order chi connectivity index (χ0) is 9.26. The number of nitrogens with zero attached hydrogens (tertiary/aromatic N) is 3. The number of rotatable bonds is 1. The van der Waals surface area contributed by atoms with Gasteiger partial charge < -0.3 is 14.6 Å². The van der Waals surface area contributed by atoms with Gasteiger partial charge >= 0.3 is 0 Å². The monoisotopic (exact) mass is 217 g/mol. The molecule has 2 heterocycles. The maximum Gasteiger partial charge on any atom is 0.0953 e. The van der Waals surface area contributed by atoms with Gasteiger partial charge in [-0.05, 0) is 20.0 Å². The van der Waals surface area contributed by atoms with Crippen molar-refractivity contribution < 1.29 is 5.11 Å². The van der Waals surface area contributed by atoms with Crippen LogP contribution in [0.3, 0.4) is 0 Å². The molecule has 1 aliphatic heterocycles. The van der Waals surface area contributed by atoms with Crippen molar-refractivity contribution in [3.05, 3.63) is 17.7 Å². The quantitative estimate of drug-likeness (QED) is 0.751. The van der Waals surface area contributed by atoms with Crippen molar-refractivity contribution in [1.82, 2.24) is 14.5 Å². The van der Waals surface area contributed by atoms with Crippen molar-refractivity contribution in [3.8, 4) is 0 Å². The lowest BCUT2D eigenvalue weighted by molar-refractivity contribution is 0.271. The lowest BCUT2D eigenvalue weighted by Crippen LogP contribution is -2.18. The molecule has 0 unspecified atom stereocenters. The van der Waals surface area contributed by atoms with E-state index in [2.05, 4.69) is 21.5 Å². The summed E-state index contributed by atoms with van der Waals surface area (Å²) >= 11 is 0. The van der Waals surface area contributed by atoms with Crippen molar-refractivity contribution in [2.24, 2.45) is 0 Å². The van der Waals surface area contributed by atoms with Crippen LogP contribution in [0.4, 0.5) is 0 Å². The molecule has 0 saturated carbocycles. The first-order valence-corrected chi connectivity index (χ1v) is 4.63. The second-order valence-electron chi connectivity index (χ2n) is 3.58. The highest BCUT2D eigenvalue weighted by molar-refractivity contribution is 5.85. The molecule has 0 bridgehead atoms. The van der Waals surface area contributed by atoms with Crippen LogP contribution in [0.25, 0.3) is 0 Å². The van der Waals surface area contributed by atoms with Gasteiger partial charge in [-0.1, -0.05) is 0 Å². The average molecular weight is 218 g/mol. The highest BCUT2D eigenvalue weighted by Crippen LogP contribution is 2.14. The number of aromatic nitrogens is 2. The third kappa shape index (κ3) is 2.08. The molecular weight excluding hydrogens is 202 g/mol. The molecule has 0 fully saturated rings. The summed E-state index contributed by atoms with van der Waals surface area (Å²) in [5.41, 5.74) is 2.00. The number of aliphatic hydroxyl groups excluding tert-OH is 1. The molecule has 1 aromatic rings. The van der Waals surface area contributed by atoms with E-state index in [1.165, 1.54) is 5.69 Å². The largest absolute Gasteiger partial charge is 0.390 e. The van der Waals surface area contributed by atoms with E-state index in [0.717, 1.165) is 31.7 Å². The van der Waals surface area contributed by atoms with E-state index in [9.17, 15) is 0 Å². The number of aryl methyl sites for hydroxylation is 1. The molecule has 14 heavy (non-hydrogen) atoms. The SMILES string of the molecule is CN1CCCn2cnc(CO)c2C1.Cl. The van der Waals surface area contributed by atoms with Crippen LogP contribution in [-0.2, 0) is 19.7 Å². The molecule has 0 saturated heterocycles. The smallest absolute Gasteiger partial charge is 0.0953 e. The maximum absolute atomic E-state index is 9.07. The Kier molecular flexibility index (Phi) is 3.92. The Bertz CT molecular complexity index is 300. The summed E-state index contributed by atoms with van der Waals surface area (Å²) in [6.07, 6.45) is 2.99. The Hall–Kier alpha value is -0.580. The summed E-state index contributed by atoms with van der Waals surface area (Å²) < 4.78 is 2.15. The number of aliphatic hydroxyl groups is 1. The molecule has 0 aliphatic carbocycles.